The summed E-state index contributed by atoms with van der Waals surface area (Å²) in [7, 11) is 0. The summed E-state index contributed by atoms with van der Waals surface area (Å²) >= 11 is 0. The van der Waals surface area contributed by atoms with Gasteiger partial charge in [0.15, 0.2) is 0 Å². The van der Waals surface area contributed by atoms with Crippen LogP contribution in [0, 0.1) is 23.7 Å². The van der Waals surface area contributed by atoms with Crippen molar-refractivity contribution >= 4 is 5.91 Å². The summed E-state index contributed by atoms with van der Waals surface area (Å²) in [6, 6.07) is 1.73. The highest BCUT2D eigenvalue weighted by Gasteiger charge is 1.95. The Balaban J connectivity index is 3.26. The van der Waals surface area contributed by atoms with Crippen molar-refractivity contribution in [1.29, 1.82) is 5.26 Å². The monoisotopic (exact) mass is 136 g/mol. The van der Waals surface area contributed by atoms with Crippen LogP contribution in [0.15, 0.2) is 0 Å². The molecule has 0 atom stereocenters. The number of hydrogen-bond donors (Lipinski definition) is 1. The van der Waals surface area contributed by atoms with Gasteiger partial charge in [0, 0.05) is 13.0 Å². The molecule has 1 amide bonds. The Hall–Kier alpha value is -1.48. The molecule has 0 saturated heterocycles. The van der Waals surface area contributed by atoms with Crippen molar-refractivity contribution in [2.75, 3.05) is 6.54 Å². The third kappa shape index (κ3) is 4.67. The first-order valence-corrected chi connectivity index (χ1v) is 2.88. The Bertz CT molecular complexity index is 185. The van der Waals surface area contributed by atoms with Crippen LogP contribution in [-0.4, -0.2) is 12.5 Å². The molecule has 52 valence electrons. The van der Waals surface area contributed by atoms with Crippen LogP contribution in [0.25, 0.3) is 0 Å². The minimum Gasteiger partial charge on any atom is -0.354 e. The van der Waals surface area contributed by atoms with Crippen molar-refractivity contribution in [2.24, 2.45) is 0 Å². The van der Waals surface area contributed by atoms with E-state index in [1.54, 1.807) is 6.07 Å². The van der Waals surface area contributed by atoms with Gasteiger partial charge in [0.1, 0.15) is 6.42 Å². The second kappa shape index (κ2) is 5.65. The largest absolute Gasteiger partial charge is 0.354 e. The Morgan fingerprint density at radius 1 is 1.70 bits per heavy atom. The van der Waals surface area contributed by atoms with Gasteiger partial charge in [0.05, 0.1) is 6.07 Å². The van der Waals surface area contributed by atoms with Crippen LogP contribution < -0.4 is 5.32 Å². The number of hydrogen-bond acceptors (Lipinski definition) is 2. The molecule has 0 heterocycles. The van der Waals surface area contributed by atoms with Gasteiger partial charge in [0.2, 0.25) is 5.91 Å². The Labute approximate surface area is 60.0 Å². The van der Waals surface area contributed by atoms with E-state index >= 15 is 0 Å². The predicted octanol–water partition coefficient (Wildman–Crippen LogP) is 0.0396. The molecule has 0 aliphatic carbocycles. The maximum Gasteiger partial charge on any atom is 0.234 e. The van der Waals surface area contributed by atoms with Crippen LogP contribution in [0.5, 0.6) is 0 Å². The Morgan fingerprint density at radius 3 is 2.90 bits per heavy atom. The summed E-state index contributed by atoms with van der Waals surface area (Å²) < 4.78 is 0. The first-order valence-electron chi connectivity index (χ1n) is 2.88. The molecule has 0 radical (unpaired) electrons. The van der Waals surface area contributed by atoms with Gasteiger partial charge in [-0.1, -0.05) is 0 Å². The maximum atomic E-state index is 10.5. The van der Waals surface area contributed by atoms with E-state index in [0.717, 1.165) is 0 Å². The first kappa shape index (κ1) is 8.52. The number of amides is 1. The molecule has 0 saturated carbocycles. The zero-order valence-corrected chi connectivity index (χ0v) is 5.55. The minimum absolute atomic E-state index is 0.0927. The van der Waals surface area contributed by atoms with Crippen LogP contribution >= 0.6 is 0 Å². The van der Waals surface area contributed by atoms with Gasteiger partial charge in [-0.2, -0.15) is 5.26 Å². The number of carbonyl (C=O) groups is 1. The fourth-order valence-electron chi connectivity index (χ4n) is 0.408. The molecule has 0 aromatic carbocycles. The fourth-order valence-corrected chi connectivity index (χ4v) is 0.408. The van der Waals surface area contributed by atoms with Crippen LogP contribution in [0.4, 0.5) is 0 Å². The van der Waals surface area contributed by atoms with Gasteiger partial charge in [-0.15, -0.1) is 12.3 Å². The lowest BCUT2D eigenvalue weighted by atomic mass is 10.4. The SMILES string of the molecule is C#CCCNC(=O)CC#N. The van der Waals surface area contributed by atoms with E-state index in [-0.39, 0.29) is 12.3 Å². The summed E-state index contributed by atoms with van der Waals surface area (Å²) in [4.78, 5) is 10.5. The highest BCUT2D eigenvalue weighted by molar-refractivity contribution is 5.77. The molecular weight excluding hydrogens is 128 g/mol. The average Bonchev–Trinajstić information content (AvgIpc) is 1.89. The number of carbonyl (C=O) groups excluding carboxylic acids is 1. The van der Waals surface area contributed by atoms with Crippen LogP contribution in [-0.2, 0) is 4.79 Å². The molecule has 0 aliphatic heterocycles. The molecule has 1 N–H and O–H groups in total. The standard InChI is InChI=1S/C7H8N2O/c1-2-3-6-9-7(10)4-5-8/h1H,3-4,6H2,(H,9,10). The van der Waals surface area contributed by atoms with E-state index in [1.807, 2.05) is 0 Å². The van der Waals surface area contributed by atoms with Crippen molar-refractivity contribution in [2.45, 2.75) is 12.8 Å². The van der Waals surface area contributed by atoms with Gasteiger partial charge in [-0.25, -0.2) is 0 Å². The molecule has 0 aromatic heterocycles. The quantitative estimate of drug-likeness (QED) is 0.440. The summed E-state index contributed by atoms with van der Waals surface area (Å²) in [6.07, 6.45) is 5.34. The number of nitriles is 1. The summed E-state index contributed by atoms with van der Waals surface area (Å²) in [5.41, 5.74) is 0. The Morgan fingerprint density at radius 2 is 2.40 bits per heavy atom. The second-order valence-corrected chi connectivity index (χ2v) is 1.64. The minimum atomic E-state index is -0.266. The average molecular weight is 136 g/mol. The van der Waals surface area contributed by atoms with Gasteiger partial charge in [0.25, 0.3) is 0 Å². The van der Waals surface area contributed by atoms with E-state index in [2.05, 4.69) is 11.2 Å². The zero-order chi connectivity index (χ0) is 7.82. The molecule has 0 aromatic rings. The molecule has 0 aliphatic rings. The Kier molecular flexibility index (Phi) is 4.82. The molecule has 0 unspecified atom stereocenters. The maximum absolute atomic E-state index is 10.5. The highest BCUT2D eigenvalue weighted by Crippen LogP contribution is 1.76. The topological polar surface area (TPSA) is 52.9 Å². The summed E-state index contributed by atoms with van der Waals surface area (Å²) in [5, 5.41) is 10.5. The van der Waals surface area contributed by atoms with Crippen molar-refractivity contribution < 1.29 is 4.79 Å². The van der Waals surface area contributed by atoms with Crippen molar-refractivity contribution in [1.82, 2.24) is 5.32 Å². The lowest BCUT2D eigenvalue weighted by Crippen LogP contribution is -2.23. The lowest BCUT2D eigenvalue weighted by Gasteiger charge is -1.95. The van der Waals surface area contributed by atoms with Crippen LogP contribution in [0.3, 0.4) is 0 Å². The lowest BCUT2D eigenvalue weighted by molar-refractivity contribution is -0.120. The number of nitrogens with zero attached hydrogens (tertiary/aromatic N) is 1. The molecule has 0 spiro atoms. The predicted molar refractivity (Wildman–Crippen MR) is 36.7 cm³/mol. The number of rotatable bonds is 3. The third-order valence-electron chi connectivity index (χ3n) is 0.831. The number of nitrogens with one attached hydrogen (secondary N) is 1. The molecule has 0 fully saturated rings. The van der Waals surface area contributed by atoms with Gasteiger partial charge >= 0.3 is 0 Å². The molecule has 10 heavy (non-hydrogen) atoms. The third-order valence-corrected chi connectivity index (χ3v) is 0.831. The van der Waals surface area contributed by atoms with Crippen molar-refractivity contribution in [3.63, 3.8) is 0 Å². The van der Waals surface area contributed by atoms with E-state index < -0.39 is 0 Å². The highest BCUT2D eigenvalue weighted by atomic mass is 16.1. The van der Waals surface area contributed by atoms with E-state index in [9.17, 15) is 4.79 Å². The summed E-state index contributed by atoms with van der Waals surface area (Å²) in [6.45, 7) is 0.455. The normalized spacial score (nSPS) is 7.40. The molecule has 0 bridgehead atoms. The summed E-state index contributed by atoms with van der Waals surface area (Å²) in [5.74, 6) is 2.10. The zero-order valence-electron chi connectivity index (χ0n) is 5.55. The fraction of sp³-hybridized carbons (Fsp3) is 0.429. The molecular formula is C7H8N2O. The van der Waals surface area contributed by atoms with Crippen LogP contribution in [0.1, 0.15) is 12.8 Å². The van der Waals surface area contributed by atoms with Gasteiger partial charge < -0.3 is 5.32 Å². The van der Waals surface area contributed by atoms with E-state index in [4.69, 9.17) is 11.7 Å². The van der Waals surface area contributed by atoms with Crippen molar-refractivity contribution in [3.8, 4) is 18.4 Å². The molecule has 3 nitrogen and oxygen atoms in total. The second-order valence-electron chi connectivity index (χ2n) is 1.64. The van der Waals surface area contributed by atoms with E-state index in [1.165, 1.54) is 0 Å². The van der Waals surface area contributed by atoms with Gasteiger partial charge in [-0.3, -0.25) is 4.79 Å². The van der Waals surface area contributed by atoms with Gasteiger partial charge in [-0.05, 0) is 0 Å². The molecule has 3 heteroatoms. The molecule has 0 rings (SSSR count). The van der Waals surface area contributed by atoms with E-state index in [0.29, 0.717) is 13.0 Å². The first-order chi connectivity index (χ1) is 4.81. The smallest absolute Gasteiger partial charge is 0.234 e. The number of terminal acetylenes is 1. The van der Waals surface area contributed by atoms with Crippen LogP contribution in [0.2, 0.25) is 0 Å². The van der Waals surface area contributed by atoms with Crippen molar-refractivity contribution in [3.05, 3.63) is 0 Å².